The molecule has 1 saturated heterocycles. The smallest absolute Gasteiger partial charge is 0.325 e. The van der Waals surface area contributed by atoms with Crippen LogP contribution in [0.25, 0.3) is 0 Å². The molecule has 0 saturated carbocycles. The van der Waals surface area contributed by atoms with Gasteiger partial charge in [0.2, 0.25) is 5.91 Å². The largest absolute Gasteiger partial charge is 0.354 e. The van der Waals surface area contributed by atoms with Gasteiger partial charge in [-0.3, -0.25) is 14.5 Å². The van der Waals surface area contributed by atoms with E-state index in [1.807, 2.05) is 29.0 Å². The van der Waals surface area contributed by atoms with Crippen molar-refractivity contribution in [3.63, 3.8) is 0 Å². The number of nitrogens with one attached hydrogen (secondary N) is 2. The Hall–Kier alpha value is -2.19. The lowest BCUT2D eigenvalue weighted by Crippen LogP contribution is -2.46. The third-order valence-corrected chi connectivity index (χ3v) is 6.83. The molecule has 0 unspecified atom stereocenters. The van der Waals surface area contributed by atoms with Crippen LogP contribution in [0.15, 0.2) is 29.0 Å². The number of fused-ring (bicyclic) bond motifs is 2. The van der Waals surface area contributed by atoms with Gasteiger partial charge in [-0.15, -0.1) is 22.7 Å². The van der Waals surface area contributed by atoms with Crippen LogP contribution in [0, 0.1) is 0 Å². The topological polar surface area (TPSA) is 78.5 Å². The predicted molar refractivity (Wildman–Crippen MR) is 100 cm³/mol. The van der Waals surface area contributed by atoms with Crippen molar-refractivity contribution in [1.29, 1.82) is 0 Å². The van der Waals surface area contributed by atoms with Crippen LogP contribution in [0.1, 0.15) is 28.2 Å². The van der Waals surface area contributed by atoms with E-state index >= 15 is 0 Å². The predicted octanol–water partition coefficient (Wildman–Crippen LogP) is 2.25. The number of nitrogens with zero attached hydrogens (tertiary/aromatic N) is 1. The third kappa shape index (κ3) is 2.93. The van der Waals surface area contributed by atoms with Crippen LogP contribution in [-0.2, 0) is 28.0 Å². The molecule has 2 aromatic heterocycles. The first-order valence-corrected chi connectivity index (χ1v) is 10.4. The lowest BCUT2D eigenvalue weighted by Gasteiger charge is -2.31. The van der Waals surface area contributed by atoms with Crippen molar-refractivity contribution >= 4 is 40.5 Å². The summed E-state index contributed by atoms with van der Waals surface area (Å²) in [6, 6.07) is 5.42. The molecule has 1 fully saturated rings. The second-order valence-corrected chi connectivity index (χ2v) is 8.55. The lowest BCUT2D eigenvalue weighted by atomic mass is 9.80. The fourth-order valence-electron chi connectivity index (χ4n) is 3.66. The van der Waals surface area contributed by atoms with Crippen LogP contribution in [0.5, 0.6) is 0 Å². The quantitative estimate of drug-likeness (QED) is 0.770. The highest BCUT2D eigenvalue weighted by atomic mass is 32.1. The minimum absolute atomic E-state index is 0.240. The highest BCUT2D eigenvalue weighted by Gasteiger charge is 2.54. The van der Waals surface area contributed by atoms with Crippen LogP contribution in [0.3, 0.4) is 0 Å². The van der Waals surface area contributed by atoms with Crippen LogP contribution < -0.4 is 10.6 Å². The Morgan fingerprint density at radius 2 is 2.15 bits per heavy atom. The molecule has 1 aliphatic heterocycles. The number of carbonyl (C=O) groups excluding carboxylic acids is 3. The zero-order valence-electron chi connectivity index (χ0n) is 14.1. The van der Waals surface area contributed by atoms with Gasteiger partial charge in [0.15, 0.2) is 0 Å². The van der Waals surface area contributed by atoms with Gasteiger partial charge < -0.3 is 10.6 Å². The normalized spacial score (nSPS) is 21.8. The Morgan fingerprint density at radius 1 is 1.27 bits per heavy atom. The average Bonchev–Trinajstić information content (AvgIpc) is 3.34. The van der Waals surface area contributed by atoms with Gasteiger partial charge in [0.05, 0.1) is 0 Å². The number of hydrogen-bond acceptors (Lipinski definition) is 5. The summed E-state index contributed by atoms with van der Waals surface area (Å²) in [5, 5.41) is 9.60. The molecule has 8 heteroatoms. The zero-order chi connectivity index (χ0) is 18.1. The van der Waals surface area contributed by atoms with Crippen LogP contribution >= 0.6 is 22.7 Å². The van der Waals surface area contributed by atoms with Gasteiger partial charge in [-0.2, -0.15) is 0 Å². The molecule has 1 aliphatic carbocycles. The number of aryl methyl sites for hydroxylation is 1. The Bertz CT molecular complexity index is 846. The molecule has 2 aliphatic rings. The van der Waals surface area contributed by atoms with Gasteiger partial charge in [-0.05, 0) is 48.6 Å². The second kappa shape index (κ2) is 6.85. The highest BCUT2D eigenvalue weighted by Crippen LogP contribution is 2.41. The van der Waals surface area contributed by atoms with E-state index in [9.17, 15) is 14.4 Å². The summed E-state index contributed by atoms with van der Waals surface area (Å²) >= 11 is 3.25. The molecular formula is C18H19N3O3S2. The lowest BCUT2D eigenvalue weighted by molar-refractivity contribution is -0.135. The Kier molecular flexibility index (Phi) is 4.54. The molecule has 26 heavy (non-hydrogen) atoms. The number of rotatable bonds is 5. The van der Waals surface area contributed by atoms with Crippen molar-refractivity contribution in [2.24, 2.45) is 0 Å². The SMILES string of the molecule is O=C(CN1C(=O)N[C@]2(CCCc3sccc32)C1=O)NCCc1cccs1. The number of amides is 4. The fourth-order valence-corrected chi connectivity index (χ4v) is 5.37. The van der Waals surface area contributed by atoms with Crippen molar-refractivity contribution in [2.75, 3.05) is 13.1 Å². The maximum absolute atomic E-state index is 13.0. The van der Waals surface area contributed by atoms with E-state index in [-0.39, 0.29) is 18.4 Å². The zero-order valence-corrected chi connectivity index (χ0v) is 15.8. The van der Waals surface area contributed by atoms with Gasteiger partial charge in [0, 0.05) is 21.9 Å². The Balaban J connectivity index is 1.41. The van der Waals surface area contributed by atoms with Crippen molar-refractivity contribution in [3.05, 3.63) is 44.3 Å². The average molecular weight is 390 g/mol. The molecule has 136 valence electrons. The molecule has 6 nitrogen and oxygen atoms in total. The summed E-state index contributed by atoms with van der Waals surface area (Å²) < 4.78 is 0. The van der Waals surface area contributed by atoms with Gasteiger partial charge >= 0.3 is 6.03 Å². The third-order valence-electron chi connectivity index (χ3n) is 4.91. The van der Waals surface area contributed by atoms with Gasteiger partial charge in [0.25, 0.3) is 5.91 Å². The van der Waals surface area contributed by atoms with Crippen molar-refractivity contribution in [2.45, 2.75) is 31.2 Å². The molecule has 3 heterocycles. The first-order valence-electron chi connectivity index (χ1n) is 8.60. The molecule has 0 bridgehead atoms. The molecule has 4 rings (SSSR count). The summed E-state index contributed by atoms with van der Waals surface area (Å²) in [5.74, 6) is -0.626. The Labute approximate surface area is 159 Å². The monoisotopic (exact) mass is 389 g/mol. The van der Waals surface area contributed by atoms with Crippen LogP contribution in [0.4, 0.5) is 4.79 Å². The molecule has 1 spiro atoms. The maximum atomic E-state index is 13.0. The fraction of sp³-hybridized carbons (Fsp3) is 0.389. The number of urea groups is 1. The van der Waals surface area contributed by atoms with Gasteiger partial charge in [-0.1, -0.05) is 6.07 Å². The minimum Gasteiger partial charge on any atom is -0.354 e. The molecular weight excluding hydrogens is 370 g/mol. The van der Waals surface area contributed by atoms with Crippen molar-refractivity contribution in [3.8, 4) is 0 Å². The minimum atomic E-state index is -0.984. The van der Waals surface area contributed by atoms with E-state index in [1.54, 1.807) is 22.7 Å². The number of carbonyl (C=O) groups is 3. The van der Waals surface area contributed by atoms with Crippen molar-refractivity contribution in [1.82, 2.24) is 15.5 Å². The number of hydrogen-bond donors (Lipinski definition) is 2. The highest BCUT2D eigenvalue weighted by molar-refractivity contribution is 7.10. The molecule has 2 N–H and O–H groups in total. The molecule has 0 aromatic carbocycles. The standard InChI is InChI=1S/C18H19N3O3S2/c22-15(19-8-5-12-3-2-9-25-12)11-21-16(23)18(20-17(21)24)7-1-4-14-13(18)6-10-26-14/h2-3,6,9-10H,1,4-5,7-8,11H2,(H,19,22)(H,20,24)/t18-/m0/s1. The summed E-state index contributed by atoms with van der Waals surface area (Å²) in [7, 11) is 0. The molecule has 4 amide bonds. The van der Waals surface area contributed by atoms with E-state index in [1.165, 1.54) is 4.88 Å². The Morgan fingerprint density at radius 3 is 2.96 bits per heavy atom. The van der Waals surface area contributed by atoms with Crippen LogP contribution in [0.2, 0.25) is 0 Å². The number of imide groups is 1. The van der Waals surface area contributed by atoms with E-state index in [4.69, 9.17) is 0 Å². The summed E-state index contributed by atoms with van der Waals surface area (Å²) in [5.41, 5.74) is -0.0882. The summed E-state index contributed by atoms with van der Waals surface area (Å²) in [4.78, 5) is 41.0. The van der Waals surface area contributed by atoms with Crippen molar-refractivity contribution < 1.29 is 14.4 Å². The first-order chi connectivity index (χ1) is 12.6. The van der Waals surface area contributed by atoms with Gasteiger partial charge in [0.1, 0.15) is 12.1 Å². The maximum Gasteiger partial charge on any atom is 0.325 e. The van der Waals surface area contributed by atoms with Crippen LogP contribution in [-0.4, -0.2) is 35.8 Å². The first kappa shape index (κ1) is 17.2. The number of thiophene rings is 2. The summed E-state index contributed by atoms with van der Waals surface area (Å²) in [6.45, 7) is 0.249. The van der Waals surface area contributed by atoms with E-state index in [0.717, 1.165) is 34.6 Å². The van der Waals surface area contributed by atoms with E-state index in [2.05, 4.69) is 10.6 Å². The molecule has 0 radical (unpaired) electrons. The second-order valence-electron chi connectivity index (χ2n) is 6.52. The van der Waals surface area contributed by atoms with E-state index in [0.29, 0.717) is 13.0 Å². The summed E-state index contributed by atoms with van der Waals surface area (Å²) in [6.07, 6.45) is 3.10. The molecule has 2 aromatic rings. The van der Waals surface area contributed by atoms with Gasteiger partial charge in [-0.25, -0.2) is 4.79 Å². The molecule has 1 atom stereocenters. The van der Waals surface area contributed by atoms with E-state index < -0.39 is 11.6 Å².